The van der Waals surface area contributed by atoms with Crippen LogP contribution in [0.4, 0.5) is 10.1 Å². The number of ether oxygens (including phenoxy) is 2. The van der Waals surface area contributed by atoms with Gasteiger partial charge in [0.15, 0.2) is 11.5 Å². The summed E-state index contributed by atoms with van der Waals surface area (Å²) in [4.78, 5) is 12.7. The van der Waals surface area contributed by atoms with Gasteiger partial charge in [-0.1, -0.05) is 29.8 Å². The van der Waals surface area contributed by atoms with Gasteiger partial charge in [-0.25, -0.2) is 12.8 Å². The van der Waals surface area contributed by atoms with Crippen LogP contribution in [0.15, 0.2) is 71.6 Å². The molecule has 0 unspecified atom stereocenters. The number of benzene rings is 3. The van der Waals surface area contributed by atoms with E-state index in [0.29, 0.717) is 22.2 Å². The van der Waals surface area contributed by atoms with Crippen molar-refractivity contribution < 1.29 is 27.1 Å². The van der Waals surface area contributed by atoms with E-state index in [9.17, 15) is 17.6 Å². The highest BCUT2D eigenvalue weighted by atomic mass is 35.5. The lowest BCUT2D eigenvalue weighted by molar-refractivity contribution is -0.116. The van der Waals surface area contributed by atoms with Crippen LogP contribution in [0.25, 0.3) is 0 Å². The number of nitrogens with one attached hydrogen (secondary N) is 1. The molecule has 10 heteroatoms. The molecule has 0 saturated heterocycles. The number of carbonyl (C=O) groups is 1. The van der Waals surface area contributed by atoms with Crippen molar-refractivity contribution in [2.75, 3.05) is 26.1 Å². The Kier molecular flexibility index (Phi) is 7.91. The highest BCUT2D eigenvalue weighted by Crippen LogP contribution is 2.30. The zero-order valence-corrected chi connectivity index (χ0v) is 19.5. The van der Waals surface area contributed by atoms with Crippen molar-refractivity contribution in [3.8, 4) is 11.5 Å². The summed E-state index contributed by atoms with van der Waals surface area (Å²) in [6, 6.07) is 16.1. The molecule has 0 heterocycles. The van der Waals surface area contributed by atoms with Gasteiger partial charge in [-0.15, -0.1) is 0 Å². The van der Waals surface area contributed by atoms with E-state index in [1.807, 2.05) is 0 Å². The van der Waals surface area contributed by atoms with E-state index in [0.717, 1.165) is 4.31 Å². The van der Waals surface area contributed by atoms with Crippen LogP contribution >= 0.6 is 11.6 Å². The Hall–Kier alpha value is -3.14. The van der Waals surface area contributed by atoms with Crippen molar-refractivity contribution >= 4 is 33.2 Å². The average molecular weight is 493 g/mol. The minimum atomic E-state index is -4.14. The summed E-state index contributed by atoms with van der Waals surface area (Å²) in [6.45, 7) is -0.884. The molecular formula is C23H22ClFN2O5S. The second kappa shape index (κ2) is 10.7. The first-order valence-corrected chi connectivity index (χ1v) is 11.6. The van der Waals surface area contributed by atoms with E-state index in [2.05, 4.69) is 5.32 Å². The van der Waals surface area contributed by atoms with Crippen LogP contribution in [0.3, 0.4) is 0 Å². The number of hydrogen-bond donors (Lipinski definition) is 1. The monoisotopic (exact) mass is 492 g/mol. The van der Waals surface area contributed by atoms with Gasteiger partial charge in [-0.3, -0.25) is 4.79 Å². The third-order valence-electron chi connectivity index (χ3n) is 4.74. The fourth-order valence-electron chi connectivity index (χ4n) is 3.07. The van der Waals surface area contributed by atoms with Crippen molar-refractivity contribution in [2.45, 2.75) is 11.4 Å². The summed E-state index contributed by atoms with van der Waals surface area (Å²) >= 11 is 5.87. The molecule has 1 amide bonds. The van der Waals surface area contributed by atoms with Crippen LogP contribution in [0.1, 0.15) is 5.56 Å². The second-order valence-electron chi connectivity index (χ2n) is 6.94. The molecule has 0 fully saturated rings. The quantitative estimate of drug-likeness (QED) is 0.480. The van der Waals surface area contributed by atoms with E-state index in [1.165, 1.54) is 56.7 Å². The van der Waals surface area contributed by atoms with Gasteiger partial charge in [0.2, 0.25) is 15.9 Å². The van der Waals surface area contributed by atoms with Crippen molar-refractivity contribution in [1.29, 1.82) is 0 Å². The van der Waals surface area contributed by atoms with Gasteiger partial charge < -0.3 is 14.8 Å². The number of sulfonamides is 1. The minimum Gasteiger partial charge on any atom is -0.493 e. The fourth-order valence-corrected chi connectivity index (χ4v) is 4.57. The van der Waals surface area contributed by atoms with Crippen LogP contribution < -0.4 is 14.8 Å². The lowest BCUT2D eigenvalue weighted by Crippen LogP contribution is -2.37. The Morgan fingerprint density at radius 3 is 2.30 bits per heavy atom. The first-order chi connectivity index (χ1) is 15.7. The Labute approximate surface area is 196 Å². The molecule has 3 aromatic rings. The summed E-state index contributed by atoms with van der Waals surface area (Å²) in [6.07, 6.45) is 0. The van der Waals surface area contributed by atoms with Crippen LogP contribution in [0.5, 0.6) is 11.5 Å². The Morgan fingerprint density at radius 2 is 1.67 bits per heavy atom. The van der Waals surface area contributed by atoms with E-state index in [1.54, 1.807) is 24.3 Å². The normalized spacial score (nSPS) is 11.3. The SMILES string of the molecule is COc1ccc(NC(=O)CN(Cc2ccccc2F)S(=O)(=O)c2ccc(Cl)cc2)cc1OC. The topological polar surface area (TPSA) is 84.9 Å². The number of methoxy groups -OCH3 is 2. The number of hydrogen-bond acceptors (Lipinski definition) is 5. The molecular weight excluding hydrogens is 471 g/mol. The van der Waals surface area contributed by atoms with Gasteiger partial charge >= 0.3 is 0 Å². The van der Waals surface area contributed by atoms with E-state index in [-0.39, 0.29) is 17.0 Å². The first-order valence-electron chi connectivity index (χ1n) is 9.75. The maximum Gasteiger partial charge on any atom is 0.243 e. The number of carbonyl (C=O) groups excluding carboxylic acids is 1. The first kappa shape index (κ1) is 24.5. The van der Waals surface area contributed by atoms with Gasteiger partial charge in [0.25, 0.3) is 0 Å². The summed E-state index contributed by atoms with van der Waals surface area (Å²) in [5, 5.41) is 3.00. The molecule has 0 aliphatic rings. The molecule has 0 aliphatic carbocycles. The zero-order chi connectivity index (χ0) is 24.0. The second-order valence-corrected chi connectivity index (χ2v) is 9.31. The van der Waals surface area contributed by atoms with Crippen molar-refractivity contribution in [3.05, 3.63) is 83.1 Å². The number of anilines is 1. The minimum absolute atomic E-state index is 0.0674. The number of rotatable bonds is 9. The molecule has 3 aromatic carbocycles. The van der Waals surface area contributed by atoms with E-state index < -0.39 is 28.3 Å². The largest absolute Gasteiger partial charge is 0.493 e. The van der Waals surface area contributed by atoms with Gasteiger partial charge in [0.05, 0.1) is 25.7 Å². The number of nitrogens with zero attached hydrogens (tertiary/aromatic N) is 1. The van der Waals surface area contributed by atoms with Gasteiger partial charge in [0, 0.05) is 28.9 Å². The van der Waals surface area contributed by atoms with E-state index >= 15 is 0 Å². The van der Waals surface area contributed by atoms with Gasteiger partial charge in [0.1, 0.15) is 5.82 Å². The summed E-state index contributed by atoms with van der Waals surface area (Å²) in [5.41, 5.74) is 0.515. The Morgan fingerprint density at radius 1 is 1.00 bits per heavy atom. The molecule has 0 aromatic heterocycles. The number of halogens is 2. The standard InChI is InChI=1S/C23H22ClFN2O5S/c1-31-21-12-9-18(13-22(21)32-2)26-23(28)15-27(14-16-5-3-4-6-20(16)25)33(29,30)19-10-7-17(24)8-11-19/h3-13H,14-15H2,1-2H3,(H,26,28). The molecule has 0 radical (unpaired) electrons. The molecule has 0 saturated carbocycles. The summed E-state index contributed by atoms with van der Waals surface area (Å²) in [5.74, 6) is -0.320. The molecule has 0 bridgehead atoms. The third kappa shape index (κ3) is 6.01. The average Bonchev–Trinajstić information content (AvgIpc) is 2.80. The highest BCUT2D eigenvalue weighted by molar-refractivity contribution is 7.89. The van der Waals surface area contributed by atoms with Crippen LogP contribution in [-0.4, -0.2) is 39.4 Å². The molecule has 3 rings (SSSR count). The lowest BCUT2D eigenvalue weighted by atomic mass is 10.2. The third-order valence-corrected chi connectivity index (χ3v) is 6.80. The van der Waals surface area contributed by atoms with Crippen LogP contribution in [-0.2, 0) is 21.4 Å². The van der Waals surface area contributed by atoms with Crippen molar-refractivity contribution in [3.63, 3.8) is 0 Å². The number of amides is 1. The molecule has 0 aliphatic heterocycles. The predicted octanol–water partition coefficient (Wildman–Crippen LogP) is 4.33. The zero-order valence-electron chi connectivity index (χ0n) is 17.9. The molecule has 0 atom stereocenters. The van der Waals surface area contributed by atoms with Gasteiger partial charge in [-0.05, 0) is 42.5 Å². The van der Waals surface area contributed by atoms with Gasteiger partial charge in [-0.2, -0.15) is 4.31 Å². The maximum absolute atomic E-state index is 14.3. The summed E-state index contributed by atoms with van der Waals surface area (Å²) < 4.78 is 52.1. The van der Waals surface area contributed by atoms with E-state index in [4.69, 9.17) is 21.1 Å². The summed E-state index contributed by atoms with van der Waals surface area (Å²) in [7, 11) is -1.20. The smallest absolute Gasteiger partial charge is 0.243 e. The van der Waals surface area contributed by atoms with Crippen LogP contribution in [0.2, 0.25) is 5.02 Å². The van der Waals surface area contributed by atoms with Crippen molar-refractivity contribution in [2.24, 2.45) is 0 Å². The lowest BCUT2D eigenvalue weighted by Gasteiger charge is -2.22. The van der Waals surface area contributed by atoms with Crippen molar-refractivity contribution in [1.82, 2.24) is 4.31 Å². The molecule has 174 valence electrons. The molecule has 33 heavy (non-hydrogen) atoms. The molecule has 7 nitrogen and oxygen atoms in total. The van der Waals surface area contributed by atoms with Crippen LogP contribution in [0, 0.1) is 5.82 Å². The Balaban J connectivity index is 1.88. The molecule has 0 spiro atoms. The predicted molar refractivity (Wildman–Crippen MR) is 124 cm³/mol. The highest BCUT2D eigenvalue weighted by Gasteiger charge is 2.28. The molecule has 1 N–H and O–H groups in total. The fraction of sp³-hybridized carbons (Fsp3) is 0.174. The maximum atomic E-state index is 14.3. The Bertz CT molecular complexity index is 1240.